The zero-order valence-electron chi connectivity index (χ0n) is 16.8. The Morgan fingerprint density at radius 1 is 1.17 bits per heavy atom. The van der Waals surface area contributed by atoms with Gasteiger partial charge < -0.3 is 14.4 Å². The van der Waals surface area contributed by atoms with Gasteiger partial charge in [0.25, 0.3) is 0 Å². The molecule has 0 bridgehead atoms. The number of halogens is 1. The summed E-state index contributed by atoms with van der Waals surface area (Å²) in [5.41, 5.74) is 0.809. The van der Waals surface area contributed by atoms with Gasteiger partial charge in [0.05, 0.1) is 6.61 Å². The molecule has 6 heteroatoms. The van der Waals surface area contributed by atoms with E-state index in [-0.39, 0.29) is 11.9 Å². The van der Waals surface area contributed by atoms with E-state index in [4.69, 9.17) is 9.47 Å². The Morgan fingerprint density at radius 3 is 2.62 bits per heavy atom. The Kier molecular flexibility index (Phi) is 8.23. The Morgan fingerprint density at radius 2 is 1.93 bits per heavy atom. The fourth-order valence-electron chi connectivity index (χ4n) is 3.15. The van der Waals surface area contributed by atoms with E-state index < -0.39 is 0 Å². The molecule has 0 radical (unpaired) electrons. The number of amides is 1. The normalized spacial score (nSPS) is 14.6. The smallest absolute Gasteiger partial charge is 0.409 e. The second-order valence-corrected chi connectivity index (χ2v) is 8.54. The van der Waals surface area contributed by atoms with Crippen LogP contribution in [0.25, 0.3) is 0 Å². The summed E-state index contributed by atoms with van der Waals surface area (Å²) in [7, 11) is 0. The third-order valence-corrected chi connectivity index (χ3v) is 6.19. The molecular weight excluding hydrogens is 389 g/mol. The molecule has 0 aromatic heterocycles. The van der Waals surface area contributed by atoms with Crippen molar-refractivity contribution in [3.05, 3.63) is 59.9 Å². The first-order chi connectivity index (χ1) is 14.1. The Hall–Kier alpha value is -2.21. The number of thioether (sulfide) groups is 1. The number of benzene rings is 2. The maximum absolute atomic E-state index is 13.2. The minimum atomic E-state index is -0.252. The Labute approximate surface area is 176 Å². The van der Waals surface area contributed by atoms with E-state index in [0.717, 1.165) is 50.1 Å². The molecule has 0 N–H and O–H groups in total. The van der Waals surface area contributed by atoms with E-state index in [9.17, 15) is 9.18 Å². The van der Waals surface area contributed by atoms with E-state index in [1.165, 1.54) is 17.0 Å². The lowest BCUT2D eigenvalue weighted by atomic mass is 10.1. The number of piperidine rings is 1. The molecule has 1 aliphatic heterocycles. The molecule has 0 spiro atoms. The van der Waals surface area contributed by atoms with Gasteiger partial charge in [-0.1, -0.05) is 25.5 Å². The quantitative estimate of drug-likeness (QED) is 0.502. The van der Waals surface area contributed by atoms with Crippen LogP contribution in [0.5, 0.6) is 5.75 Å². The molecule has 2 aromatic rings. The van der Waals surface area contributed by atoms with Gasteiger partial charge in [-0.25, -0.2) is 9.18 Å². The van der Waals surface area contributed by atoms with Crippen LogP contribution in [0.3, 0.4) is 0 Å². The van der Waals surface area contributed by atoms with Crippen LogP contribution < -0.4 is 4.74 Å². The lowest BCUT2D eigenvalue weighted by molar-refractivity contribution is 0.0948. The van der Waals surface area contributed by atoms with Gasteiger partial charge in [-0.15, -0.1) is 11.8 Å². The largest absolute Gasteiger partial charge is 0.489 e. The number of hydrogen-bond donors (Lipinski definition) is 0. The van der Waals surface area contributed by atoms with Gasteiger partial charge in [-0.2, -0.15) is 0 Å². The van der Waals surface area contributed by atoms with E-state index in [0.29, 0.717) is 18.5 Å². The number of rotatable bonds is 8. The van der Waals surface area contributed by atoms with E-state index in [1.54, 1.807) is 6.07 Å². The number of hydrogen-bond acceptors (Lipinski definition) is 4. The van der Waals surface area contributed by atoms with Crippen molar-refractivity contribution < 1.29 is 18.7 Å². The molecule has 0 aliphatic carbocycles. The zero-order valence-corrected chi connectivity index (χ0v) is 17.6. The number of nitrogens with zero attached hydrogens (tertiary/aromatic N) is 1. The summed E-state index contributed by atoms with van der Waals surface area (Å²) in [5.74, 6) is 0.515. The van der Waals surface area contributed by atoms with Crippen molar-refractivity contribution in [1.29, 1.82) is 0 Å². The monoisotopic (exact) mass is 417 g/mol. The number of ether oxygens (including phenoxy) is 2. The standard InChI is InChI=1S/C23H28FNO3S/c1-2-3-15-27-23(26)25-13-11-22(12-14-25)29-21-9-7-20(8-10-21)28-17-18-5-4-6-19(24)16-18/h4-10,16,22H,2-3,11-15,17H2,1H3. The average Bonchev–Trinajstić information content (AvgIpc) is 2.74. The molecule has 3 rings (SSSR count). The van der Waals surface area contributed by atoms with Gasteiger partial charge in [0.15, 0.2) is 0 Å². The highest BCUT2D eigenvalue weighted by Gasteiger charge is 2.24. The highest BCUT2D eigenvalue weighted by Crippen LogP contribution is 2.31. The van der Waals surface area contributed by atoms with Gasteiger partial charge in [0, 0.05) is 23.2 Å². The summed E-state index contributed by atoms with van der Waals surface area (Å²) >= 11 is 1.84. The number of carbonyl (C=O) groups excluding carboxylic acids is 1. The second kappa shape index (κ2) is 11.1. The second-order valence-electron chi connectivity index (χ2n) is 7.16. The molecule has 0 atom stereocenters. The average molecular weight is 418 g/mol. The van der Waals surface area contributed by atoms with Gasteiger partial charge in [0.2, 0.25) is 0 Å². The highest BCUT2D eigenvalue weighted by atomic mass is 32.2. The van der Waals surface area contributed by atoms with Crippen LogP contribution in [-0.4, -0.2) is 35.9 Å². The summed E-state index contributed by atoms with van der Waals surface area (Å²) in [6.45, 7) is 4.43. The Balaban J connectivity index is 1.40. The molecule has 29 heavy (non-hydrogen) atoms. The predicted molar refractivity (Wildman–Crippen MR) is 114 cm³/mol. The molecule has 1 fully saturated rings. The lowest BCUT2D eigenvalue weighted by Crippen LogP contribution is -2.39. The fraction of sp³-hybridized carbons (Fsp3) is 0.435. The van der Waals surface area contributed by atoms with Crippen molar-refractivity contribution in [3.8, 4) is 5.75 Å². The SMILES string of the molecule is CCCCOC(=O)N1CCC(Sc2ccc(OCc3cccc(F)c3)cc2)CC1. The molecular formula is C23H28FNO3S. The summed E-state index contributed by atoms with van der Waals surface area (Å²) in [5, 5.41) is 0.494. The molecule has 4 nitrogen and oxygen atoms in total. The molecule has 156 valence electrons. The maximum atomic E-state index is 13.2. The molecule has 1 aliphatic rings. The van der Waals surface area contributed by atoms with Crippen LogP contribution in [0.4, 0.5) is 9.18 Å². The molecule has 2 aromatic carbocycles. The summed E-state index contributed by atoms with van der Waals surface area (Å²) in [6, 6.07) is 14.4. The molecule has 0 saturated carbocycles. The van der Waals surface area contributed by atoms with Crippen LogP contribution >= 0.6 is 11.8 Å². The van der Waals surface area contributed by atoms with Crippen LogP contribution in [0.1, 0.15) is 38.2 Å². The van der Waals surface area contributed by atoms with Crippen molar-refractivity contribution in [3.63, 3.8) is 0 Å². The predicted octanol–water partition coefficient (Wildman–Crippen LogP) is 5.90. The molecule has 1 heterocycles. The van der Waals surface area contributed by atoms with Crippen molar-refractivity contribution in [1.82, 2.24) is 4.90 Å². The number of likely N-dealkylation sites (tertiary alicyclic amines) is 1. The lowest BCUT2D eigenvalue weighted by Gasteiger charge is -2.31. The Bertz CT molecular complexity index is 776. The topological polar surface area (TPSA) is 38.8 Å². The van der Waals surface area contributed by atoms with Crippen LogP contribution in [0.15, 0.2) is 53.4 Å². The van der Waals surface area contributed by atoms with Crippen LogP contribution in [0.2, 0.25) is 0 Å². The third-order valence-electron chi connectivity index (χ3n) is 4.84. The molecule has 0 unspecified atom stereocenters. The zero-order chi connectivity index (χ0) is 20.5. The fourth-order valence-corrected chi connectivity index (χ4v) is 4.28. The molecule has 1 amide bonds. The summed E-state index contributed by atoms with van der Waals surface area (Å²) in [4.78, 5) is 15.0. The maximum Gasteiger partial charge on any atom is 0.409 e. The highest BCUT2D eigenvalue weighted by molar-refractivity contribution is 8.00. The van der Waals surface area contributed by atoms with E-state index in [2.05, 4.69) is 19.1 Å². The third kappa shape index (κ3) is 6.96. The van der Waals surface area contributed by atoms with Crippen LogP contribution in [-0.2, 0) is 11.3 Å². The van der Waals surface area contributed by atoms with Gasteiger partial charge in [-0.05, 0) is 61.2 Å². The number of carbonyl (C=O) groups is 1. The van der Waals surface area contributed by atoms with E-state index >= 15 is 0 Å². The van der Waals surface area contributed by atoms with Crippen molar-refractivity contribution in [2.75, 3.05) is 19.7 Å². The van der Waals surface area contributed by atoms with Crippen molar-refractivity contribution >= 4 is 17.9 Å². The minimum absolute atomic E-state index is 0.179. The number of unbranched alkanes of at least 4 members (excludes halogenated alkanes) is 1. The van der Waals surface area contributed by atoms with Gasteiger partial charge in [0.1, 0.15) is 18.2 Å². The summed E-state index contributed by atoms with van der Waals surface area (Å²) < 4.78 is 24.3. The van der Waals surface area contributed by atoms with Gasteiger partial charge in [-0.3, -0.25) is 0 Å². The van der Waals surface area contributed by atoms with E-state index in [1.807, 2.05) is 34.9 Å². The minimum Gasteiger partial charge on any atom is -0.489 e. The van der Waals surface area contributed by atoms with Gasteiger partial charge >= 0.3 is 6.09 Å². The molecule has 1 saturated heterocycles. The van der Waals surface area contributed by atoms with Crippen molar-refractivity contribution in [2.24, 2.45) is 0 Å². The first-order valence-electron chi connectivity index (χ1n) is 10.2. The first kappa shape index (κ1) is 21.5. The summed E-state index contributed by atoms with van der Waals surface area (Å²) in [6.07, 6.45) is 3.69. The van der Waals surface area contributed by atoms with Crippen molar-refractivity contribution in [2.45, 2.75) is 49.4 Å². The van der Waals surface area contributed by atoms with Crippen LogP contribution in [0, 0.1) is 5.82 Å². The first-order valence-corrected chi connectivity index (χ1v) is 11.1.